The van der Waals surface area contributed by atoms with Crippen LogP contribution < -0.4 is 5.32 Å². The van der Waals surface area contributed by atoms with Crippen molar-refractivity contribution in [3.05, 3.63) is 93.7 Å². The van der Waals surface area contributed by atoms with Crippen molar-refractivity contribution in [1.29, 1.82) is 0 Å². The third-order valence-corrected chi connectivity index (χ3v) is 6.46. The summed E-state index contributed by atoms with van der Waals surface area (Å²) in [4.78, 5) is 5.78. The number of allylic oxidation sites excluding steroid dienone is 2. The van der Waals surface area contributed by atoms with Crippen LogP contribution in [0.4, 0.5) is 11.4 Å². The van der Waals surface area contributed by atoms with Crippen LogP contribution in [0.15, 0.2) is 77.1 Å². The molecule has 2 heterocycles. The Hall–Kier alpha value is -2.65. The third-order valence-electron chi connectivity index (χ3n) is 5.65. The Labute approximate surface area is 164 Å². The Kier molecular flexibility index (Phi) is 4.17. The van der Waals surface area contributed by atoms with Gasteiger partial charge in [0.1, 0.15) is 0 Å². The molecule has 1 aromatic heterocycles. The van der Waals surface area contributed by atoms with Crippen molar-refractivity contribution < 1.29 is 0 Å². The summed E-state index contributed by atoms with van der Waals surface area (Å²) in [6, 6.07) is 20.0. The third kappa shape index (κ3) is 3.13. The minimum Gasteiger partial charge on any atom is -0.378 e. The maximum absolute atomic E-state index is 4.60. The molecule has 134 valence electrons. The summed E-state index contributed by atoms with van der Waals surface area (Å²) in [5, 5.41) is 5.88. The summed E-state index contributed by atoms with van der Waals surface area (Å²) in [7, 11) is 0. The maximum atomic E-state index is 4.60. The number of anilines is 1. The van der Waals surface area contributed by atoms with Crippen molar-refractivity contribution in [2.45, 2.75) is 25.3 Å². The number of nitrogens with one attached hydrogen (secondary N) is 1. The van der Waals surface area contributed by atoms with E-state index in [2.05, 4.69) is 89.4 Å². The van der Waals surface area contributed by atoms with E-state index in [-0.39, 0.29) is 0 Å². The van der Waals surface area contributed by atoms with Gasteiger partial charge in [-0.25, -0.2) is 0 Å². The van der Waals surface area contributed by atoms with Gasteiger partial charge in [-0.3, -0.25) is 4.99 Å². The highest BCUT2D eigenvalue weighted by Crippen LogP contribution is 2.49. The van der Waals surface area contributed by atoms with Gasteiger partial charge in [0.2, 0.25) is 0 Å². The molecule has 1 aliphatic carbocycles. The van der Waals surface area contributed by atoms with E-state index in [1.165, 1.54) is 27.3 Å². The molecule has 3 aromatic rings. The zero-order valence-corrected chi connectivity index (χ0v) is 16.1. The Morgan fingerprint density at radius 2 is 2.00 bits per heavy atom. The van der Waals surface area contributed by atoms with Crippen LogP contribution in [-0.2, 0) is 0 Å². The van der Waals surface area contributed by atoms with E-state index in [1.54, 1.807) is 11.3 Å². The van der Waals surface area contributed by atoms with E-state index in [0.29, 0.717) is 17.9 Å². The predicted octanol–water partition coefficient (Wildman–Crippen LogP) is 6.63. The first kappa shape index (κ1) is 16.5. The summed E-state index contributed by atoms with van der Waals surface area (Å²) < 4.78 is 0. The minimum absolute atomic E-state index is 0.343. The van der Waals surface area contributed by atoms with Crippen molar-refractivity contribution in [1.82, 2.24) is 0 Å². The molecule has 2 nitrogen and oxygen atoms in total. The largest absolute Gasteiger partial charge is 0.378 e. The SMILES string of the molecule is Cc1ccc2c(c1)[C@@H]1C=CC[C@@H]1[C@H](c1ccc(N=Cc3cccs3)cc1)N2. The predicted molar refractivity (Wildman–Crippen MR) is 116 cm³/mol. The summed E-state index contributed by atoms with van der Waals surface area (Å²) in [5.74, 6) is 1.10. The number of aliphatic imine (C=N–C) groups is 1. The Balaban J connectivity index is 1.42. The van der Waals surface area contributed by atoms with Gasteiger partial charge in [0.05, 0.1) is 11.7 Å². The van der Waals surface area contributed by atoms with E-state index in [4.69, 9.17) is 0 Å². The highest BCUT2D eigenvalue weighted by molar-refractivity contribution is 7.11. The number of fused-ring (bicyclic) bond motifs is 3. The number of thiophene rings is 1. The lowest BCUT2D eigenvalue weighted by Gasteiger charge is -2.37. The van der Waals surface area contributed by atoms with Gasteiger partial charge in [-0.1, -0.05) is 48.0 Å². The summed E-state index contributed by atoms with van der Waals surface area (Å²) in [5.41, 5.74) is 6.40. The van der Waals surface area contributed by atoms with Crippen molar-refractivity contribution in [3.63, 3.8) is 0 Å². The van der Waals surface area contributed by atoms with E-state index in [9.17, 15) is 0 Å². The molecule has 5 rings (SSSR count). The molecule has 2 aliphatic rings. The van der Waals surface area contributed by atoms with Gasteiger partial charge in [0, 0.05) is 22.7 Å². The molecule has 1 N–H and O–H groups in total. The van der Waals surface area contributed by atoms with Gasteiger partial charge in [-0.15, -0.1) is 11.3 Å². The lowest BCUT2D eigenvalue weighted by Crippen LogP contribution is -2.29. The van der Waals surface area contributed by atoms with Crippen molar-refractivity contribution in [3.8, 4) is 0 Å². The van der Waals surface area contributed by atoms with Crippen molar-refractivity contribution >= 4 is 28.9 Å². The molecule has 2 aromatic carbocycles. The Morgan fingerprint density at radius 3 is 2.81 bits per heavy atom. The van der Waals surface area contributed by atoms with Gasteiger partial charge in [-0.2, -0.15) is 0 Å². The lowest BCUT2D eigenvalue weighted by molar-refractivity contribution is 0.425. The number of aryl methyl sites for hydroxylation is 1. The van der Waals surface area contributed by atoms with Crippen LogP contribution in [0.2, 0.25) is 0 Å². The highest BCUT2D eigenvalue weighted by Gasteiger charge is 2.37. The first-order chi connectivity index (χ1) is 13.3. The van der Waals surface area contributed by atoms with Crippen LogP contribution in [0, 0.1) is 12.8 Å². The van der Waals surface area contributed by atoms with Crippen LogP contribution in [0.25, 0.3) is 0 Å². The van der Waals surface area contributed by atoms with Crippen LogP contribution in [0.5, 0.6) is 0 Å². The van der Waals surface area contributed by atoms with E-state index < -0.39 is 0 Å². The number of hydrogen-bond donors (Lipinski definition) is 1. The molecule has 0 spiro atoms. The van der Waals surface area contributed by atoms with Crippen LogP contribution in [0.1, 0.15) is 39.9 Å². The van der Waals surface area contributed by atoms with E-state index >= 15 is 0 Å². The summed E-state index contributed by atoms with van der Waals surface area (Å²) in [6.07, 6.45) is 7.82. The number of benzene rings is 2. The zero-order valence-electron chi connectivity index (χ0n) is 15.3. The van der Waals surface area contributed by atoms with Gasteiger partial charge in [0.15, 0.2) is 0 Å². The van der Waals surface area contributed by atoms with Crippen molar-refractivity contribution in [2.24, 2.45) is 10.9 Å². The Bertz CT molecular complexity index is 999. The second-order valence-electron chi connectivity index (χ2n) is 7.43. The smallest absolute Gasteiger partial charge is 0.0630 e. The fraction of sp³-hybridized carbons (Fsp3) is 0.208. The van der Waals surface area contributed by atoms with Crippen molar-refractivity contribution in [2.75, 3.05) is 5.32 Å². The fourth-order valence-corrected chi connectivity index (χ4v) is 4.90. The lowest BCUT2D eigenvalue weighted by atomic mass is 9.76. The number of rotatable bonds is 3. The molecule has 0 saturated carbocycles. The number of hydrogen-bond acceptors (Lipinski definition) is 3. The fourth-order valence-electron chi connectivity index (χ4n) is 4.31. The second-order valence-corrected chi connectivity index (χ2v) is 8.41. The van der Waals surface area contributed by atoms with Gasteiger partial charge < -0.3 is 5.32 Å². The molecule has 0 bridgehead atoms. The molecule has 0 unspecified atom stereocenters. The molecular formula is C24H22N2S. The minimum atomic E-state index is 0.343. The first-order valence-corrected chi connectivity index (χ1v) is 10.4. The standard InChI is InChI=1S/C24H22N2S/c1-16-7-12-23-22(14-16)20-5-2-6-21(20)24(26-23)17-8-10-18(11-9-17)25-15-19-4-3-13-27-19/h2-5,7-15,20-21,24,26H,6H2,1H3/t20-,21+,24+/m1/s1. The summed E-state index contributed by atoms with van der Waals surface area (Å²) >= 11 is 1.71. The maximum Gasteiger partial charge on any atom is 0.0630 e. The quantitative estimate of drug-likeness (QED) is 0.406. The topological polar surface area (TPSA) is 24.4 Å². The van der Waals surface area contributed by atoms with Gasteiger partial charge >= 0.3 is 0 Å². The van der Waals surface area contributed by atoms with E-state index in [1.807, 2.05) is 6.21 Å². The molecule has 3 heteroatoms. The molecule has 3 atom stereocenters. The molecule has 0 amide bonds. The average molecular weight is 371 g/mol. The van der Waals surface area contributed by atoms with Gasteiger partial charge in [-0.05, 0) is 60.0 Å². The number of nitrogens with zero attached hydrogens (tertiary/aromatic N) is 1. The zero-order chi connectivity index (χ0) is 18.2. The monoisotopic (exact) mass is 370 g/mol. The molecule has 1 aliphatic heterocycles. The second kappa shape index (κ2) is 6.82. The van der Waals surface area contributed by atoms with Crippen LogP contribution in [-0.4, -0.2) is 6.21 Å². The van der Waals surface area contributed by atoms with E-state index in [0.717, 1.165) is 12.1 Å². The molecular weight excluding hydrogens is 348 g/mol. The molecule has 0 saturated heterocycles. The summed E-state index contributed by atoms with van der Waals surface area (Å²) in [6.45, 7) is 2.18. The van der Waals surface area contributed by atoms with Gasteiger partial charge in [0.25, 0.3) is 0 Å². The molecule has 0 radical (unpaired) electrons. The highest BCUT2D eigenvalue weighted by atomic mass is 32.1. The normalized spacial score (nSPS) is 23.2. The first-order valence-electron chi connectivity index (χ1n) is 9.49. The average Bonchev–Trinajstić information content (AvgIpc) is 3.38. The van der Waals surface area contributed by atoms with Crippen LogP contribution in [0.3, 0.4) is 0 Å². The van der Waals surface area contributed by atoms with Crippen LogP contribution >= 0.6 is 11.3 Å². The molecule has 27 heavy (non-hydrogen) atoms. The molecule has 0 fully saturated rings. The Morgan fingerprint density at radius 1 is 1.11 bits per heavy atom.